The third-order valence-corrected chi connectivity index (χ3v) is 4.39. The average molecular weight is 472 g/mol. The zero-order valence-corrected chi connectivity index (χ0v) is 16.1. The number of nitro benzene ring substituents is 1. The molecule has 0 saturated carbocycles. The van der Waals surface area contributed by atoms with Crippen molar-refractivity contribution in [3.05, 3.63) is 60.5 Å². The highest BCUT2D eigenvalue weighted by atomic mass is 79.9. The zero-order chi connectivity index (χ0) is 18.6. The SMILES string of the molecule is Cc1cc(Br)c(NC(=O)COc2ccc([N+](=O)[O-])cc2C=O)c(Br)c1. The molecule has 0 bridgehead atoms. The van der Waals surface area contributed by atoms with E-state index in [1.54, 1.807) is 0 Å². The Bertz CT molecular complexity index is 831. The van der Waals surface area contributed by atoms with Gasteiger partial charge in [-0.2, -0.15) is 0 Å². The fourth-order valence-corrected chi connectivity index (χ4v) is 3.62. The van der Waals surface area contributed by atoms with Crippen LogP contribution in [0.2, 0.25) is 0 Å². The van der Waals surface area contributed by atoms with E-state index in [4.69, 9.17) is 4.74 Å². The van der Waals surface area contributed by atoms with Crippen LogP contribution in [0.5, 0.6) is 5.75 Å². The molecule has 0 aliphatic carbocycles. The van der Waals surface area contributed by atoms with Gasteiger partial charge >= 0.3 is 0 Å². The van der Waals surface area contributed by atoms with Gasteiger partial charge in [0.25, 0.3) is 11.6 Å². The third-order valence-electron chi connectivity index (χ3n) is 3.14. The minimum absolute atomic E-state index is 0.000281. The summed E-state index contributed by atoms with van der Waals surface area (Å²) >= 11 is 6.74. The number of carbonyl (C=O) groups is 2. The number of aldehydes is 1. The fraction of sp³-hybridized carbons (Fsp3) is 0.125. The van der Waals surface area contributed by atoms with Crippen molar-refractivity contribution >= 4 is 55.4 Å². The highest BCUT2D eigenvalue weighted by Gasteiger charge is 2.14. The van der Waals surface area contributed by atoms with Crippen LogP contribution in [-0.4, -0.2) is 23.7 Å². The van der Waals surface area contributed by atoms with Gasteiger partial charge in [-0.25, -0.2) is 0 Å². The molecule has 0 aliphatic heterocycles. The summed E-state index contributed by atoms with van der Waals surface area (Å²) in [6.45, 7) is 1.56. The van der Waals surface area contributed by atoms with Crippen molar-refractivity contribution in [2.45, 2.75) is 6.92 Å². The van der Waals surface area contributed by atoms with E-state index in [9.17, 15) is 19.7 Å². The number of hydrogen-bond acceptors (Lipinski definition) is 5. The lowest BCUT2D eigenvalue weighted by molar-refractivity contribution is -0.384. The van der Waals surface area contributed by atoms with E-state index >= 15 is 0 Å². The zero-order valence-electron chi connectivity index (χ0n) is 12.9. The van der Waals surface area contributed by atoms with Crippen LogP contribution in [0, 0.1) is 17.0 Å². The van der Waals surface area contributed by atoms with Crippen LogP contribution in [0.3, 0.4) is 0 Å². The molecule has 2 aromatic carbocycles. The lowest BCUT2D eigenvalue weighted by Gasteiger charge is -2.12. The van der Waals surface area contributed by atoms with E-state index in [0.29, 0.717) is 20.9 Å². The van der Waals surface area contributed by atoms with E-state index in [2.05, 4.69) is 37.2 Å². The van der Waals surface area contributed by atoms with Gasteiger partial charge in [0.05, 0.1) is 16.2 Å². The first-order valence-corrected chi connectivity index (χ1v) is 8.52. The van der Waals surface area contributed by atoms with Gasteiger partial charge in [0.2, 0.25) is 0 Å². The van der Waals surface area contributed by atoms with Gasteiger partial charge in [-0.05, 0) is 62.5 Å². The quantitative estimate of drug-likeness (QED) is 0.385. The summed E-state index contributed by atoms with van der Waals surface area (Å²) in [7, 11) is 0. The summed E-state index contributed by atoms with van der Waals surface area (Å²) in [4.78, 5) is 33.2. The third kappa shape index (κ3) is 4.86. The number of non-ortho nitro benzene ring substituents is 1. The Labute approximate surface area is 159 Å². The second-order valence-electron chi connectivity index (χ2n) is 5.04. The van der Waals surface area contributed by atoms with E-state index in [1.807, 2.05) is 19.1 Å². The van der Waals surface area contributed by atoms with Crippen LogP contribution in [0.25, 0.3) is 0 Å². The Morgan fingerprint density at radius 1 is 1.28 bits per heavy atom. The number of nitrogens with zero attached hydrogens (tertiary/aromatic N) is 1. The first kappa shape index (κ1) is 19.1. The van der Waals surface area contributed by atoms with Crippen molar-refractivity contribution in [2.24, 2.45) is 0 Å². The largest absolute Gasteiger partial charge is 0.483 e. The number of nitrogens with one attached hydrogen (secondary N) is 1. The number of hydrogen-bond donors (Lipinski definition) is 1. The Morgan fingerprint density at radius 2 is 1.92 bits per heavy atom. The minimum atomic E-state index is -0.615. The highest BCUT2D eigenvalue weighted by Crippen LogP contribution is 2.32. The Hall–Kier alpha value is -2.26. The van der Waals surface area contributed by atoms with Gasteiger partial charge in [-0.15, -0.1) is 0 Å². The van der Waals surface area contributed by atoms with Gasteiger partial charge in [-0.1, -0.05) is 0 Å². The van der Waals surface area contributed by atoms with Crippen molar-refractivity contribution in [2.75, 3.05) is 11.9 Å². The summed E-state index contributed by atoms with van der Waals surface area (Å²) < 4.78 is 6.71. The number of ether oxygens (including phenoxy) is 1. The van der Waals surface area contributed by atoms with Crippen LogP contribution >= 0.6 is 31.9 Å². The van der Waals surface area contributed by atoms with Gasteiger partial charge in [-0.3, -0.25) is 19.7 Å². The average Bonchev–Trinajstić information content (AvgIpc) is 2.55. The van der Waals surface area contributed by atoms with Crippen molar-refractivity contribution in [1.82, 2.24) is 0 Å². The molecule has 2 rings (SSSR count). The number of amides is 1. The summed E-state index contributed by atoms with van der Waals surface area (Å²) in [5, 5.41) is 13.4. The van der Waals surface area contributed by atoms with Crippen molar-refractivity contribution < 1.29 is 19.2 Å². The number of nitro groups is 1. The summed E-state index contributed by atoms with van der Waals surface area (Å²) in [6.07, 6.45) is 0.438. The Balaban J connectivity index is 2.08. The first-order chi connectivity index (χ1) is 11.8. The molecule has 0 fully saturated rings. The van der Waals surface area contributed by atoms with Crippen molar-refractivity contribution in [1.29, 1.82) is 0 Å². The summed E-state index contributed by atoms with van der Waals surface area (Å²) in [6, 6.07) is 7.28. The maximum atomic E-state index is 12.1. The topological polar surface area (TPSA) is 98.5 Å². The van der Waals surface area contributed by atoms with Gasteiger partial charge < -0.3 is 10.1 Å². The standard InChI is InChI=1S/C16H12Br2N2O5/c1-9-4-12(17)16(13(18)5-9)19-15(22)8-25-14-3-2-11(20(23)24)6-10(14)7-21/h2-7H,8H2,1H3,(H,19,22). The van der Waals surface area contributed by atoms with Gasteiger partial charge in [0.15, 0.2) is 12.9 Å². The molecule has 2 aromatic rings. The van der Waals surface area contributed by atoms with Crippen LogP contribution in [-0.2, 0) is 4.79 Å². The number of rotatable bonds is 6. The molecule has 130 valence electrons. The van der Waals surface area contributed by atoms with Crippen molar-refractivity contribution in [3.8, 4) is 5.75 Å². The molecule has 0 saturated heterocycles. The number of aryl methyl sites for hydroxylation is 1. The van der Waals surface area contributed by atoms with Crippen LogP contribution < -0.4 is 10.1 Å². The summed E-state index contributed by atoms with van der Waals surface area (Å²) in [5.74, 6) is -0.349. The van der Waals surface area contributed by atoms with E-state index in [-0.39, 0.29) is 23.6 Å². The molecule has 1 N–H and O–H groups in total. The molecular formula is C16H12Br2N2O5. The number of halogens is 2. The second-order valence-corrected chi connectivity index (χ2v) is 6.75. The van der Waals surface area contributed by atoms with E-state index in [1.165, 1.54) is 12.1 Å². The fourth-order valence-electron chi connectivity index (χ4n) is 2.01. The Morgan fingerprint density at radius 3 is 2.48 bits per heavy atom. The lowest BCUT2D eigenvalue weighted by atomic mass is 10.2. The number of benzene rings is 2. The molecule has 0 heterocycles. The lowest BCUT2D eigenvalue weighted by Crippen LogP contribution is -2.21. The molecular weight excluding hydrogens is 460 g/mol. The molecule has 0 unspecified atom stereocenters. The first-order valence-electron chi connectivity index (χ1n) is 6.93. The molecule has 0 aliphatic rings. The van der Waals surface area contributed by atoms with Crippen LogP contribution in [0.1, 0.15) is 15.9 Å². The normalized spacial score (nSPS) is 10.2. The molecule has 0 atom stereocenters. The van der Waals surface area contributed by atoms with Crippen LogP contribution in [0.15, 0.2) is 39.3 Å². The smallest absolute Gasteiger partial charge is 0.270 e. The van der Waals surface area contributed by atoms with E-state index in [0.717, 1.165) is 11.6 Å². The van der Waals surface area contributed by atoms with Crippen molar-refractivity contribution in [3.63, 3.8) is 0 Å². The summed E-state index contributed by atoms with van der Waals surface area (Å²) in [5.41, 5.74) is 1.33. The number of carbonyl (C=O) groups excluding carboxylic acids is 2. The number of anilines is 1. The maximum Gasteiger partial charge on any atom is 0.270 e. The molecule has 0 aromatic heterocycles. The van der Waals surface area contributed by atoms with E-state index < -0.39 is 10.8 Å². The monoisotopic (exact) mass is 470 g/mol. The molecule has 0 radical (unpaired) electrons. The molecule has 1 amide bonds. The highest BCUT2D eigenvalue weighted by molar-refractivity contribution is 9.11. The second kappa shape index (κ2) is 8.21. The van der Waals surface area contributed by atoms with Gasteiger partial charge in [0, 0.05) is 21.1 Å². The molecule has 9 heteroatoms. The minimum Gasteiger partial charge on any atom is -0.483 e. The predicted octanol–water partition coefficient (Wildman–Crippen LogP) is 4.26. The molecule has 0 spiro atoms. The maximum absolute atomic E-state index is 12.1. The predicted molar refractivity (Wildman–Crippen MR) is 99.2 cm³/mol. The van der Waals surface area contributed by atoms with Crippen LogP contribution in [0.4, 0.5) is 11.4 Å². The molecule has 7 nitrogen and oxygen atoms in total. The Kier molecular flexibility index (Phi) is 6.27. The molecule has 25 heavy (non-hydrogen) atoms. The van der Waals surface area contributed by atoms with Gasteiger partial charge in [0.1, 0.15) is 5.75 Å².